The van der Waals surface area contributed by atoms with Crippen molar-refractivity contribution in [3.8, 4) is 16.9 Å². The molecule has 0 saturated heterocycles. The molecule has 0 spiro atoms. The Bertz CT molecular complexity index is 2260. The lowest BCUT2D eigenvalue weighted by atomic mass is 9.86. The van der Waals surface area contributed by atoms with Gasteiger partial charge in [-0.2, -0.15) is 9.78 Å². The van der Waals surface area contributed by atoms with E-state index in [0.717, 1.165) is 15.8 Å². The third-order valence-electron chi connectivity index (χ3n) is 7.97. The molecule has 0 aliphatic carbocycles. The number of pyridine rings is 2. The molecule has 4 heterocycles. The Kier molecular flexibility index (Phi) is 9.56. The van der Waals surface area contributed by atoms with Crippen molar-refractivity contribution in [1.29, 1.82) is 0 Å². The van der Waals surface area contributed by atoms with E-state index in [0.29, 0.717) is 40.3 Å². The third-order valence-corrected chi connectivity index (χ3v) is 8.96. The molecule has 252 valence electrons. The largest absolute Gasteiger partial charge is 0.360 e. The van der Waals surface area contributed by atoms with Crippen LogP contribution in [-0.2, 0) is 34.7 Å². The molecule has 0 saturated carbocycles. The maximum atomic E-state index is 15.6. The second-order valence-electron chi connectivity index (χ2n) is 12.7. The first-order valence-electron chi connectivity index (χ1n) is 15.5. The van der Waals surface area contributed by atoms with E-state index in [1.165, 1.54) is 23.0 Å². The van der Waals surface area contributed by atoms with Gasteiger partial charge in [-0.1, -0.05) is 56.3 Å². The first kappa shape index (κ1) is 33.9. The summed E-state index contributed by atoms with van der Waals surface area (Å²) in [4.78, 5) is 31.6. The lowest BCUT2D eigenvalue weighted by Gasteiger charge is -2.20. The standard InChI is InChI=1S/C36H36FN6O5P/c1-22-14-31(41-48-22)40-30-16-25(19-42(5)34(30)44)27-12-13-38-33(28(27)21-47-49(6)46-20-23-10-8-7-9-11-23)43-35(45)32-24(18-39-43)15-26(17-29(32)37)36(2,3)4/h7-19H,20-21H2,1-6H3,(H,40,41). The van der Waals surface area contributed by atoms with Crippen LogP contribution in [0.15, 0.2) is 93.4 Å². The van der Waals surface area contributed by atoms with Crippen molar-refractivity contribution in [3.63, 3.8) is 0 Å². The smallest absolute Gasteiger partial charge is 0.283 e. The highest BCUT2D eigenvalue weighted by Gasteiger charge is 2.22. The van der Waals surface area contributed by atoms with Crippen LogP contribution in [0.1, 0.15) is 43.2 Å². The fourth-order valence-corrected chi connectivity index (χ4v) is 6.05. The maximum absolute atomic E-state index is 15.6. The molecule has 1 atom stereocenters. The minimum absolute atomic E-state index is 0.0266. The van der Waals surface area contributed by atoms with Crippen molar-refractivity contribution in [2.45, 2.75) is 46.3 Å². The molecule has 2 aromatic carbocycles. The lowest BCUT2D eigenvalue weighted by Crippen LogP contribution is -2.25. The third kappa shape index (κ3) is 7.36. The van der Waals surface area contributed by atoms with Gasteiger partial charge >= 0.3 is 0 Å². The lowest BCUT2D eigenvalue weighted by molar-refractivity contribution is 0.239. The zero-order chi connectivity index (χ0) is 34.9. The highest BCUT2D eigenvalue weighted by Crippen LogP contribution is 2.38. The number of fused-ring (bicyclic) bond motifs is 1. The summed E-state index contributed by atoms with van der Waals surface area (Å²) in [6.07, 6.45) is 4.68. The number of hydrogen-bond acceptors (Lipinski definition) is 9. The van der Waals surface area contributed by atoms with Crippen LogP contribution in [0.2, 0.25) is 0 Å². The van der Waals surface area contributed by atoms with Crippen LogP contribution in [0.3, 0.4) is 0 Å². The zero-order valence-corrected chi connectivity index (χ0v) is 28.9. The predicted octanol–water partition coefficient (Wildman–Crippen LogP) is 7.30. The number of aryl methyl sites for hydroxylation is 2. The molecule has 0 aliphatic rings. The molecule has 6 rings (SSSR count). The number of halogens is 1. The van der Waals surface area contributed by atoms with Crippen LogP contribution in [0.4, 0.5) is 15.9 Å². The van der Waals surface area contributed by atoms with Gasteiger partial charge in [-0.3, -0.25) is 9.59 Å². The molecule has 0 amide bonds. The van der Waals surface area contributed by atoms with Gasteiger partial charge in [-0.15, -0.1) is 0 Å². The van der Waals surface area contributed by atoms with Gasteiger partial charge in [-0.25, -0.2) is 9.37 Å². The van der Waals surface area contributed by atoms with Crippen LogP contribution in [0, 0.1) is 12.7 Å². The van der Waals surface area contributed by atoms with E-state index in [-0.39, 0.29) is 34.5 Å². The van der Waals surface area contributed by atoms with Crippen LogP contribution >= 0.6 is 8.38 Å². The Morgan fingerprint density at radius 2 is 1.76 bits per heavy atom. The molecule has 1 unspecified atom stereocenters. The quantitative estimate of drug-likeness (QED) is 0.148. The van der Waals surface area contributed by atoms with Gasteiger partial charge in [0.1, 0.15) is 17.3 Å². The zero-order valence-electron chi connectivity index (χ0n) is 28.0. The maximum Gasteiger partial charge on any atom is 0.283 e. The normalized spacial score (nSPS) is 12.4. The Hall–Kier alpha value is -5.03. The van der Waals surface area contributed by atoms with E-state index < -0.39 is 19.8 Å². The minimum Gasteiger partial charge on any atom is -0.360 e. The second-order valence-corrected chi connectivity index (χ2v) is 14.1. The van der Waals surface area contributed by atoms with Gasteiger partial charge in [0.25, 0.3) is 11.1 Å². The molecular formula is C36H36FN6O5P. The summed E-state index contributed by atoms with van der Waals surface area (Å²) in [6.45, 7) is 9.84. The van der Waals surface area contributed by atoms with Gasteiger partial charge in [0.2, 0.25) is 0 Å². The Labute approximate surface area is 283 Å². The van der Waals surface area contributed by atoms with Crippen molar-refractivity contribution in [2.24, 2.45) is 7.05 Å². The second kappa shape index (κ2) is 13.8. The summed E-state index contributed by atoms with van der Waals surface area (Å²) in [6, 6.07) is 18.0. The van der Waals surface area contributed by atoms with Crippen LogP contribution in [-0.4, -0.2) is 31.2 Å². The van der Waals surface area contributed by atoms with E-state index >= 15 is 4.39 Å². The fourth-order valence-electron chi connectivity index (χ4n) is 5.34. The number of rotatable bonds is 10. The van der Waals surface area contributed by atoms with Crippen molar-refractivity contribution in [2.75, 3.05) is 12.0 Å². The molecule has 11 nitrogen and oxygen atoms in total. The molecule has 6 aromatic rings. The van der Waals surface area contributed by atoms with Gasteiger partial charge in [-0.05, 0) is 53.3 Å². The molecular weight excluding hydrogens is 646 g/mol. The highest BCUT2D eigenvalue weighted by molar-refractivity contribution is 7.46. The molecule has 0 fully saturated rings. The van der Waals surface area contributed by atoms with Crippen molar-refractivity contribution < 1.29 is 18.0 Å². The van der Waals surface area contributed by atoms with Crippen LogP contribution in [0.5, 0.6) is 0 Å². The van der Waals surface area contributed by atoms with Crippen LogP contribution in [0.25, 0.3) is 27.7 Å². The van der Waals surface area contributed by atoms with Gasteiger partial charge in [0.05, 0.1) is 24.8 Å². The number of benzene rings is 2. The Morgan fingerprint density at radius 3 is 2.47 bits per heavy atom. The van der Waals surface area contributed by atoms with Gasteiger partial charge in [0, 0.05) is 48.7 Å². The van der Waals surface area contributed by atoms with E-state index in [1.807, 2.05) is 57.8 Å². The molecule has 0 bridgehead atoms. The highest BCUT2D eigenvalue weighted by atomic mass is 31.2. The summed E-state index contributed by atoms with van der Waals surface area (Å²) in [5.41, 5.74) is 2.43. The topological polar surface area (TPSA) is 126 Å². The molecule has 0 aliphatic heterocycles. The molecule has 1 N–H and O–H groups in total. The number of nitrogens with zero attached hydrogens (tertiary/aromatic N) is 5. The summed E-state index contributed by atoms with van der Waals surface area (Å²) < 4.78 is 35.6. The van der Waals surface area contributed by atoms with Crippen molar-refractivity contribution in [1.82, 2.24) is 24.5 Å². The summed E-state index contributed by atoms with van der Waals surface area (Å²) in [5.74, 6) is 0.478. The SMILES string of the molecule is Cc1cc(Nc2cc(-c3ccnc(-n4ncc5cc(C(C)(C)C)cc(F)c5c4=O)c3COP(C)OCc3ccccc3)cn(C)c2=O)no1. The molecule has 0 radical (unpaired) electrons. The minimum atomic E-state index is -1.38. The molecule has 49 heavy (non-hydrogen) atoms. The van der Waals surface area contributed by atoms with Gasteiger partial charge < -0.3 is 23.5 Å². The Balaban J connectivity index is 1.45. The van der Waals surface area contributed by atoms with E-state index in [1.54, 1.807) is 44.4 Å². The van der Waals surface area contributed by atoms with E-state index in [2.05, 4.69) is 20.6 Å². The van der Waals surface area contributed by atoms with Crippen LogP contribution < -0.4 is 16.4 Å². The predicted molar refractivity (Wildman–Crippen MR) is 188 cm³/mol. The molecule has 4 aromatic heterocycles. The number of anilines is 2. The average molecular weight is 683 g/mol. The van der Waals surface area contributed by atoms with Crippen molar-refractivity contribution >= 4 is 30.7 Å². The summed E-state index contributed by atoms with van der Waals surface area (Å²) in [7, 11) is 0.258. The summed E-state index contributed by atoms with van der Waals surface area (Å²) >= 11 is 0. The van der Waals surface area contributed by atoms with E-state index in [4.69, 9.17) is 13.6 Å². The van der Waals surface area contributed by atoms with Crippen molar-refractivity contribution in [3.05, 3.63) is 128 Å². The summed E-state index contributed by atoms with van der Waals surface area (Å²) in [5, 5.41) is 11.7. The van der Waals surface area contributed by atoms with Gasteiger partial charge in [0.15, 0.2) is 20.0 Å². The molecule has 13 heteroatoms. The number of aromatic nitrogens is 5. The first-order chi connectivity index (χ1) is 23.4. The monoisotopic (exact) mass is 682 g/mol. The number of hydrogen-bond donors (Lipinski definition) is 1. The van der Waals surface area contributed by atoms with E-state index in [9.17, 15) is 9.59 Å². The Morgan fingerprint density at radius 1 is 1.00 bits per heavy atom. The first-order valence-corrected chi connectivity index (χ1v) is 17.2. The average Bonchev–Trinajstić information content (AvgIpc) is 3.48. The fraction of sp³-hybridized carbons (Fsp3) is 0.250. The number of nitrogens with one attached hydrogen (secondary N) is 1.